The van der Waals surface area contributed by atoms with E-state index in [0.29, 0.717) is 12.2 Å². The van der Waals surface area contributed by atoms with Gasteiger partial charge in [0.1, 0.15) is 17.2 Å². The van der Waals surface area contributed by atoms with Crippen LogP contribution in [-0.2, 0) is 14.8 Å². The Morgan fingerprint density at radius 1 is 1.07 bits per heavy atom. The minimum atomic E-state index is -4.00. The minimum Gasteiger partial charge on any atom is -0.495 e. The molecule has 0 saturated heterocycles. The third-order valence-electron chi connectivity index (χ3n) is 4.07. The second-order valence-electron chi connectivity index (χ2n) is 6.35. The highest BCUT2D eigenvalue weighted by atomic mass is 32.2. The second kappa shape index (κ2) is 8.90. The lowest BCUT2D eigenvalue weighted by atomic mass is 10.2. The normalized spacial score (nSPS) is 11.1. The summed E-state index contributed by atoms with van der Waals surface area (Å²) in [6.07, 6.45) is 0.773. The number of sulfonamides is 1. The maximum absolute atomic E-state index is 13.4. The number of carbonyl (C=O) groups is 1. The van der Waals surface area contributed by atoms with E-state index in [2.05, 4.69) is 5.32 Å². The lowest BCUT2D eigenvalue weighted by Gasteiger charge is -2.25. The molecule has 2 aromatic rings. The zero-order valence-electron chi connectivity index (χ0n) is 16.2. The maximum Gasteiger partial charge on any atom is 0.268 e. The van der Waals surface area contributed by atoms with Crippen molar-refractivity contribution in [3.05, 3.63) is 53.6 Å². The van der Waals surface area contributed by atoms with E-state index in [0.717, 1.165) is 21.9 Å². The minimum absolute atomic E-state index is 0.0360. The van der Waals surface area contributed by atoms with Crippen LogP contribution in [0.4, 0.5) is 5.69 Å². The monoisotopic (exact) mass is 390 g/mol. The molecule has 1 N–H and O–H groups in total. The third kappa shape index (κ3) is 5.01. The van der Waals surface area contributed by atoms with E-state index in [9.17, 15) is 13.2 Å². The Balaban J connectivity index is 2.52. The number of rotatable bonds is 8. The first kappa shape index (κ1) is 20.8. The summed E-state index contributed by atoms with van der Waals surface area (Å²) in [7, 11) is -2.58. The van der Waals surface area contributed by atoms with Crippen LogP contribution in [0.25, 0.3) is 0 Å². The van der Waals surface area contributed by atoms with E-state index >= 15 is 0 Å². The molecule has 0 aliphatic carbocycles. The van der Waals surface area contributed by atoms with Crippen LogP contribution in [-0.4, -0.2) is 34.5 Å². The average Bonchev–Trinajstić information content (AvgIpc) is 2.65. The number of amides is 1. The number of benzene rings is 2. The van der Waals surface area contributed by atoms with E-state index in [-0.39, 0.29) is 23.1 Å². The molecule has 2 aromatic carbocycles. The molecule has 2 rings (SSSR count). The molecule has 6 nitrogen and oxygen atoms in total. The number of methoxy groups -OCH3 is 1. The first-order chi connectivity index (χ1) is 12.8. The summed E-state index contributed by atoms with van der Waals surface area (Å²) < 4.78 is 33.2. The maximum atomic E-state index is 13.4. The van der Waals surface area contributed by atoms with E-state index < -0.39 is 10.0 Å². The molecule has 0 fully saturated rings. The summed E-state index contributed by atoms with van der Waals surface area (Å²) in [5.74, 6) is -0.112. The summed E-state index contributed by atoms with van der Waals surface area (Å²) in [4.78, 5) is 12.3. The number of nitrogens with zero attached hydrogens (tertiary/aromatic N) is 1. The summed E-state index contributed by atoms with van der Waals surface area (Å²) in [6.45, 7) is 5.85. The summed E-state index contributed by atoms with van der Waals surface area (Å²) in [5, 5.41) is 2.73. The highest BCUT2D eigenvalue weighted by Gasteiger charge is 2.30. The van der Waals surface area contributed by atoms with Gasteiger partial charge in [0.15, 0.2) is 0 Å². The second-order valence-corrected chi connectivity index (χ2v) is 8.18. The van der Waals surface area contributed by atoms with Gasteiger partial charge < -0.3 is 10.1 Å². The predicted octanol–water partition coefficient (Wildman–Crippen LogP) is 3.03. The van der Waals surface area contributed by atoms with Crippen molar-refractivity contribution in [2.75, 3.05) is 24.5 Å². The SMILES string of the molecule is CCCNC(=O)CN(c1ccc(C)cc1)S(=O)(=O)c1cc(C)ccc1OC. The molecule has 0 aliphatic rings. The Labute approximate surface area is 161 Å². The standard InChI is InChI=1S/C20H26N2O4S/c1-5-12-21-20(23)14-22(17-9-6-15(2)7-10-17)27(24,25)19-13-16(3)8-11-18(19)26-4/h6-11,13H,5,12,14H2,1-4H3,(H,21,23). The molecule has 0 heterocycles. The zero-order chi connectivity index (χ0) is 20.0. The third-order valence-corrected chi connectivity index (χ3v) is 5.86. The molecule has 146 valence electrons. The van der Waals surface area contributed by atoms with Gasteiger partial charge in [0.2, 0.25) is 5.91 Å². The number of anilines is 1. The lowest BCUT2D eigenvalue weighted by Crippen LogP contribution is -2.41. The van der Waals surface area contributed by atoms with Crippen molar-refractivity contribution in [1.29, 1.82) is 0 Å². The number of hydrogen-bond acceptors (Lipinski definition) is 4. The fourth-order valence-corrected chi connectivity index (χ4v) is 4.25. The Kier molecular flexibility index (Phi) is 6.85. The molecule has 7 heteroatoms. The van der Waals surface area contributed by atoms with Crippen molar-refractivity contribution in [3.63, 3.8) is 0 Å². The molecular formula is C20H26N2O4S. The molecule has 0 spiro atoms. The highest BCUT2D eigenvalue weighted by Crippen LogP contribution is 2.30. The number of carbonyl (C=O) groups excluding carboxylic acids is 1. The van der Waals surface area contributed by atoms with Crippen LogP contribution in [0.15, 0.2) is 47.4 Å². The quantitative estimate of drug-likeness (QED) is 0.752. The Morgan fingerprint density at radius 2 is 1.70 bits per heavy atom. The summed E-state index contributed by atoms with van der Waals surface area (Å²) >= 11 is 0. The smallest absolute Gasteiger partial charge is 0.268 e. The van der Waals surface area contributed by atoms with Crippen molar-refractivity contribution in [1.82, 2.24) is 5.32 Å². The van der Waals surface area contributed by atoms with Crippen molar-refractivity contribution in [2.24, 2.45) is 0 Å². The number of nitrogens with one attached hydrogen (secondary N) is 1. The van der Waals surface area contributed by atoms with Crippen LogP contribution in [0.2, 0.25) is 0 Å². The largest absolute Gasteiger partial charge is 0.495 e. The average molecular weight is 391 g/mol. The lowest BCUT2D eigenvalue weighted by molar-refractivity contribution is -0.119. The molecule has 0 aliphatic heterocycles. The van der Waals surface area contributed by atoms with Crippen molar-refractivity contribution in [2.45, 2.75) is 32.1 Å². The molecule has 0 unspecified atom stereocenters. The van der Waals surface area contributed by atoms with Crippen LogP contribution in [0, 0.1) is 13.8 Å². The highest BCUT2D eigenvalue weighted by molar-refractivity contribution is 7.93. The van der Waals surface area contributed by atoms with Crippen molar-refractivity contribution < 1.29 is 17.9 Å². The summed E-state index contributed by atoms with van der Waals surface area (Å²) in [6, 6.07) is 12.0. The van der Waals surface area contributed by atoms with Gasteiger partial charge in [-0.25, -0.2) is 8.42 Å². The van der Waals surface area contributed by atoms with E-state index in [4.69, 9.17) is 4.74 Å². The molecule has 0 aromatic heterocycles. The molecule has 0 radical (unpaired) electrons. The first-order valence-corrected chi connectivity index (χ1v) is 10.2. The van der Waals surface area contributed by atoms with Gasteiger partial charge in [0, 0.05) is 6.54 Å². The van der Waals surface area contributed by atoms with Gasteiger partial charge in [0.25, 0.3) is 10.0 Å². The van der Waals surface area contributed by atoms with Crippen LogP contribution in [0.3, 0.4) is 0 Å². The van der Waals surface area contributed by atoms with Gasteiger partial charge in [-0.3, -0.25) is 9.10 Å². The topological polar surface area (TPSA) is 75.7 Å². The van der Waals surface area contributed by atoms with E-state index in [1.165, 1.54) is 7.11 Å². The van der Waals surface area contributed by atoms with E-state index in [1.54, 1.807) is 30.3 Å². The zero-order valence-corrected chi connectivity index (χ0v) is 17.0. The molecular weight excluding hydrogens is 364 g/mol. The van der Waals surface area contributed by atoms with Gasteiger partial charge in [-0.15, -0.1) is 0 Å². The van der Waals surface area contributed by atoms with Crippen molar-refractivity contribution >= 4 is 21.6 Å². The fraction of sp³-hybridized carbons (Fsp3) is 0.350. The number of hydrogen-bond donors (Lipinski definition) is 1. The van der Waals surface area contributed by atoms with Gasteiger partial charge in [-0.05, 0) is 50.1 Å². The van der Waals surface area contributed by atoms with Crippen LogP contribution < -0.4 is 14.4 Å². The number of aryl methyl sites for hydroxylation is 2. The summed E-state index contributed by atoms with van der Waals surface area (Å²) in [5.41, 5.74) is 2.21. The first-order valence-electron chi connectivity index (χ1n) is 8.80. The van der Waals surface area contributed by atoms with Gasteiger partial charge in [0.05, 0.1) is 12.8 Å². The Morgan fingerprint density at radius 3 is 2.30 bits per heavy atom. The molecule has 0 saturated carbocycles. The van der Waals surface area contributed by atoms with Crippen LogP contribution in [0.1, 0.15) is 24.5 Å². The molecule has 1 amide bonds. The molecule has 27 heavy (non-hydrogen) atoms. The van der Waals surface area contributed by atoms with Crippen molar-refractivity contribution in [3.8, 4) is 5.75 Å². The van der Waals surface area contributed by atoms with E-state index in [1.807, 2.05) is 32.9 Å². The van der Waals surface area contributed by atoms with Gasteiger partial charge in [-0.1, -0.05) is 30.7 Å². The van der Waals surface area contributed by atoms with Crippen LogP contribution >= 0.6 is 0 Å². The van der Waals surface area contributed by atoms with Gasteiger partial charge >= 0.3 is 0 Å². The predicted molar refractivity (Wildman–Crippen MR) is 107 cm³/mol. The van der Waals surface area contributed by atoms with Gasteiger partial charge in [-0.2, -0.15) is 0 Å². The Hall–Kier alpha value is -2.54. The fourth-order valence-electron chi connectivity index (χ4n) is 2.58. The number of ether oxygens (including phenoxy) is 1. The van der Waals surface area contributed by atoms with Crippen LogP contribution in [0.5, 0.6) is 5.75 Å². The Bertz CT molecular complexity index is 893. The molecule has 0 atom stereocenters. The molecule has 0 bridgehead atoms.